The molecular formula is C14H15Cl2N3OS. The van der Waals surface area contributed by atoms with Crippen molar-refractivity contribution in [3.05, 3.63) is 46.2 Å². The Morgan fingerprint density at radius 1 is 1.24 bits per heavy atom. The molecule has 1 aromatic carbocycles. The van der Waals surface area contributed by atoms with Crippen LogP contribution in [-0.2, 0) is 11.3 Å². The Hall–Kier alpha value is -0.850. The van der Waals surface area contributed by atoms with Crippen molar-refractivity contribution in [2.45, 2.75) is 16.6 Å². The summed E-state index contributed by atoms with van der Waals surface area (Å²) in [6.45, 7) is 2.19. The van der Waals surface area contributed by atoms with Crippen molar-refractivity contribution in [2.24, 2.45) is 0 Å². The molecular weight excluding hydrogens is 329 g/mol. The molecule has 0 saturated carbocycles. The second-order valence-corrected chi connectivity index (χ2v) is 6.07. The largest absolute Gasteiger partial charge is 0.383 e. The predicted molar refractivity (Wildman–Crippen MR) is 86.2 cm³/mol. The third-order valence-corrected chi connectivity index (χ3v) is 4.22. The van der Waals surface area contributed by atoms with Crippen molar-refractivity contribution in [2.75, 3.05) is 20.3 Å². The number of hydrogen-bond donors (Lipinski definition) is 1. The Balaban J connectivity index is 1.94. The molecule has 7 heteroatoms. The number of methoxy groups -OCH3 is 1. The van der Waals surface area contributed by atoms with Crippen LogP contribution in [0.3, 0.4) is 0 Å². The Morgan fingerprint density at radius 2 is 2.00 bits per heavy atom. The van der Waals surface area contributed by atoms with Crippen LogP contribution >= 0.6 is 35.0 Å². The topological polar surface area (TPSA) is 47.0 Å². The van der Waals surface area contributed by atoms with Crippen molar-refractivity contribution in [3.8, 4) is 0 Å². The minimum Gasteiger partial charge on any atom is -0.383 e. The average Bonchev–Trinajstić information content (AvgIpc) is 2.49. The van der Waals surface area contributed by atoms with Gasteiger partial charge in [0.25, 0.3) is 0 Å². The van der Waals surface area contributed by atoms with Crippen molar-refractivity contribution in [3.63, 3.8) is 0 Å². The number of ether oxygens (including phenoxy) is 1. The van der Waals surface area contributed by atoms with Gasteiger partial charge in [0.05, 0.1) is 11.6 Å². The van der Waals surface area contributed by atoms with Gasteiger partial charge in [-0.25, -0.2) is 9.97 Å². The second-order valence-electron chi connectivity index (χ2n) is 4.22. The third kappa shape index (κ3) is 5.45. The van der Waals surface area contributed by atoms with Gasteiger partial charge in [-0.3, -0.25) is 0 Å². The van der Waals surface area contributed by atoms with Crippen molar-refractivity contribution < 1.29 is 4.74 Å². The minimum atomic E-state index is 0.637. The summed E-state index contributed by atoms with van der Waals surface area (Å²) in [6, 6.07) is 5.32. The fourth-order valence-electron chi connectivity index (χ4n) is 1.55. The molecule has 0 bridgehead atoms. The van der Waals surface area contributed by atoms with Gasteiger partial charge < -0.3 is 10.1 Å². The maximum absolute atomic E-state index is 6.12. The zero-order valence-electron chi connectivity index (χ0n) is 11.5. The maximum atomic E-state index is 6.12. The first-order valence-electron chi connectivity index (χ1n) is 6.32. The lowest BCUT2D eigenvalue weighted by atomic mass is 10.3. The molecule has 0 unspecified atom stereocenters. The fourth-order valence-corrected chi connectivity index (χ4v) is 2.78. The van der Waals surface area contributed by atoms with Gasteiger partial charge in [-0.15, -0.1) is 0 Å². The number of rotatable bonds is 7. The highest BCUT2D eigenvalue weighted by Crippen LogP contribution is 2.33. The molecule has 4 nitrogen and oxygen atoms in total. The second kappa shape index (κ2) is 8.56. The summed E-state index contributed by atoms with van der Waals surface area (Å²) in [5.74, 6) is 0. The van der Waals surface area contributed by atoms with E-state index in [4.69, 9.17) is 27.9 Å². The Labute approximate surface area is 138 Å². The van der Waals surface area contributed by atoms with Crippen LogP contribution in [-0.4, -0.2) is 30.2 Å². The number of benzene rings is 1. The van der Waals surface area contributed by atoms with Gasteiger partial charge in [-0.1, -0.05) is 23.2 Å². The van der Waals surface area contributed by atoms with Crippen LogP contribution in [0.5, 0.6) is 0 Å². The molecule has 112 valence electrons. The summed E-state index contributed by atoms with van der Waals surface area (Å²) in [5, 5.41) is 5.15. The van der Waals surface area contributed by atoms with Gasteiger partial charge in [-0.2, -0.15) is 0 Å². The minimum absolute atomic E-state index is 0.637. The molecule has 1 N–H and O–H groups in total. The third-order valence-electron chi connectivity index (χ3n) is 2.59. The van der Waals surface area contributed by atoms with Crippen molar-refractivity contribution >= 4 is 35.0 Å². The SMILES string of the molecule is COCCNCc1cnc(Sc2cc(Cl)ccc2Cl)nc1. The maximum Gasteiger partial charge on any atom is 0.192 e. The molecule has 21 heavy (non-hydrogen) atoms. The number of nitrogens with one attached hydrogen (secondary N) is 1. The van der Waals surface area contributed by atoms with Gasteiger partial charge in [0.15, 0.2) is 5.16 Å². The van der Waals surface area contributed by atoms with E-state index in [-0.39, 0.29) is 0 Å². The van der Waals surface area contributed by atoms with Crippen LogP contribution in [0.1, 0.15) is 5.56 Å². The molecule has 0 saturated heterocycles. The quantitative estimate of drug-likeness (QED) is 0.613. The first-order valence-corrected chi connectivity index (χ1v) is 7.90. The molecule has 0 fully saturated rings. The number of aromatic nitrogens is 2. The molecule has 0 amide bonds. The Bertz CT molecular complexity index is 581. The van der Waals surface area contributed by atoms with E-state index >= 15 is 0 Å². The van der Waals surface area contributed by atoms with Gasteiger partial charge in [0, 0.05) is 48.1 Å². The molecule has 0 aliphatic heterocycles. The van der Waals surface area contributed by atoms with Crippen LogP contribution in [0.2, 0.25) is 10.0 Å². The van der Waals surface area contributed by atoms with Crippen LogP contribution in [0.4, 0.5) is 0 Å². The van der Waals surface area contributed by atoms with Gasteiger partial charge in [0.2, 0.25) is 0 Å². The number of hydrogen-bond acceptors (Lipinski definition) is 5. The smallest absolute Gasteiger partial charge is 0.192 e. The van der Waals surface area contributed by atoms with E-state index in [2.05, 4.69) is 15.3 Å². The monoisotopic (exact) mass is 343 g/mol. The first kappa shape index (κ1) is 16.5. The summed E-state index contributed by atoms with van der Waals surface area (Å²) in [7, 11) is 1.68. The fraction of sp³-hybridized carbons (Fsp3) is 0.286. The lowest BCUT2D eigenvalue weighted by molar-refractivity contribution is 0.199. The van der Waals surface area contributed by atoms with Crippen LogP contribution < -0.4 is 5.32 Å². The lowest BCUT2D eigenvalue weighted by Gasteiger charge is -2.05. The molecule has 1 aromatic heterocycles. The van der Waals surface area contributed by atoms with E-state index in [1.54, 1.807) is 37.7 Å². The van der Waals surface area contributed by atoms with E-state index in [0.29, 0.717) is 28.4 Å². The normalized spacial score (nSPS) is 10.8. The summed E-state index contributed by atoms with van der Waals surface area (Å²) in [4.78, 5) is 9.49. The van der Waals surface area contributed by atoms with Crippen LogP contribution in [0.15, 0.2) is 40.6 Å². The van der Waals surface area contributed by atoms with E-state index in [0.717, 1.165) is 17.0 Å². The first-order chi connectivity index (χ1) is 10.2. The van der Waals surface area contributed by atoms with E-state index in [1.807, 2.05) is 0 Å². The zero-order chi connectivity index (χ0) is 15.1. The van der Waals surface area contributed by atoms with Crippen molar-refractivity contribution in [1.29, 1.82) is 0 Å². The molecule has 2 rings (SSSR count). The van der Waals surface area contributed by atoms with Crippen LogP contribution in [0, 0.1) is 0 Å². The molecule has 1 heterocycles. The van der Waals surface area contributed by atoms with E-state index in [9.17, 15) is 0 Å². The Kier molecular flexibility index (Phi) is 6.73. The number of halogens is 2. The van der Waals surface area contributed by atoms with Crippen LogP contribution in [0.25, 0.3) is 0 Å². The molecule has 0 aliphatic carbocycles. The highest BCUT2D eigenvalue weighted by Gasteiger charge is 2.06. The molecule has 0 aliphatic rings. The predicted octanol–water partition coefficient (Wildman–Crippen LogP) is 3.67. The van der Waals surface area contributed by atoms with E-state index < -0.39 is 0 Å². The number of nitrogens with zero attached hydrogens (tertiary/aromatic N) is 2. The van der Waals surface area contributed by atoms with Gasteiger partial charge in [0.1, 0.15) is 0 Å². The molecule has 2 aromatic rings. The van der Waals surface area contributed by atoms with Gasteiger partial charge in [-0.05, 0) is 30.0 Å². The summed E-state index contributed by atoms with van der Waals surface area (Å²) in [6.07, 6.45) is 3.60. The lowest BCUT2D eigenvalue weighted by Crippen LogP contribution is -2.18. The summed E-state index contributed by atoms with van der Waals surface area (Å²) in [5.41, 5.74) is 1.02. The molecule has 0 spiro atoms. The average molecular weight is 344 g/mol. The van der Waals surface area contributed by atoms with Gasteiger partial charge >= 0.3 is 0 Å². The molecule has 0 radical (unpaired) electrons. The van der Waals surface area contributed by atoms with E-state index in [1.165, 1.54) is 11.8 Å². The summed E-state index contributed by atoms with van der Waals surface area (Å²) >= 11 is 13.5. The zero-order valence-corrected chi connectivity index (χ0v) is 13.8. The summed E-state index contributed by atoms with van der Waals surface area (Å²) < 4.78 is 4.97. The Morgan fingerprint density at radius 3 is 2.71 bits per heavy atom. The molecule has 0 atom stereocenters. The highest BCUT2D eigenvalue weighted by atomic mass is 35.5. The van der Waals surface area contributed by atoms with Crippen molar-refractivity contribution in [1.82, 2.24) is 15.3 Å². The standard InChI is InChI=1S/C14H15Cl2N3OS/c1-20-5-4-17-7-10-8-18-14(19-9-10)21-13-6-11(15)2-3-12(13)16/h2-3,6,8-9,17H,4-5,7H2,1H3. The highest BCUT2D eigenvalue weighted by molar-refractivity contribution is 7.99.